The van der Waals surface area contributed by atoms with Crippen molar-refractivity contribution in [1.82, 2.24) is 10.2 Å². The van der Waals surface area contributed by atoms with Crippen molar-refractivity contribution in [3.8, 4) is 5.75 Å². The van der Waals surface area contributed by atoms with E-state index in [4.69, 9.17) is 4.74 Å². The molecule has 0 fully saturated rings. The smallest absolute Gasteiger partial charge is 0.261 e. The van der Waals surface area contributed by atoms with Crippen LogP contribution in [0.25, 0.3) is 0 Å². The van der Waals surface area contributed by atoms with Crippen LogP contribution in [-0.4, -0.2) is 42.3 Å². The molecule has 0 bridgehead atoms. The number of amides is 3. The molecule has 0 saturated carbocycles. The Kier molecular flexibility index (Phi) is 5.54. The van der Waals surface area contributed by atoms with Gasteiger partial charge in [0.05, 0.1) is 17.7 Å². The average Bonchev–Trinajstić information content (AvgIpc) is 2.87. The van der Waals surface area contributed by atoms with Crippen molar-refractivity contribution >= 4 is 17.7 Å². The number of fused-ring (bicyclic) bond motifs is 1. The summed E-state index contributed by atoms with van der Waals surface area (Å²) in [5.74, 6) is -0.147. The number of carbonyl (C=O) groups is 3. The molecule has 2 aromatic rings. The minimum Gasteiger partial charge on any atom is -0.492 e. The lowest BCUT2D eigenvalue weighted by Gasteiger charge is -2.14. The first-order valence-electron chi connectivity index (χ1n) is 8.89. The Bertz CT molecular complexity index is 836. The molecule has 140 valence electrons. The second kappa shape index (κ2) is 8.03. The molecule has 1 aliphatic rings. The van der Waals surface area contributed by atoms with E-state index in [9.17, 15) is 14.4 Å². The lowest BCUT2D eigenvalue weighted by Crippen LogP contribution is -2.35. The fourth-order valence-corrected chi connectivity index (χ4v) is 3.12. The predicted molar refractivity (Wildman–Crippen MR) is 101 cm³/mol. The van der Waals surface area contributed by atoms with Crippen molar-refractivity contribution < 1.29 is 19.1 Å². The summed E-state index contributed by atoms with van der Waals surface area (Å²) in [5.41, 5.74) is 3.03. The van der Waals surface area contributed by atoms with E-state index in [1.165, 1.54) is 0 Å². The number of carbonyl (C=O) groups excluding carboxylic acids is 3. The Morgan fingerprint density at radius 1 is 1.00 bits per heavy atom. The zero-order valence-electron chi connectivity index (χ0n) is 15.5. The van der Waals surface area contributed by atoms with Crippen LogP contribution in [0.15, 0.2) is 42.5 Å². The quantitative estimate of drug-likeness (QED) is 0.603. The molecule has 3 rings (SSSR count). The fraction of sp³-hybridized carbons (Fsp3) is 0.286. The van der Waals surface area contributed by atoms with Gasteiger partial charge in [-0.05, 0) is 49.2 Å². The summed E-state index contributed by atoms with van der Waals surface area (Å²) in [6.07, 6.45) is 0.0645. The van der Waals surface area contributed by atoms with E-state index in [2.05, 4.69) is 11.4 Å². The van der Waals surface area contributed by atoms with Crippen LogP contribution in [0, 0.1) is 13.8 Å². The van der Waals surface area contributed by atoms with E-state index in [1.54, 1.807) is 24.3 Å². The molecular formula is C21H22N2O4. The molecule has 1 heterocycles. The second-order valence-corrected chi connectivity index (χ2v) is 6.58. The SMILES string of the molecule is Cc1cc(C)cc(OCCNC(=O)CCN2C(=O)c3ccccc3C2=O)c1. The van der Waals surface area contributed by atoms with Crippen molar-refractivity contribution in [2.24, 2.45) is 0 Å². The minimum absolute atomic E-state index is 0.0645. The normalized spacial score (nSPS) is 12.9. The van der Waals surface area contributed by atoms with Crippen LogP contribution in [-0.2, 0) is 4.79 Å². The summed E-state index contributed by atoms with van der Waals surface area (Å²) in [6.45, 7) is 4.77. The first-order chi connectivity index (χ1) is 13.0. The van der Waals surface area contributed by atoms with Crippen LogP contribution in [0.2, 0.25) is 0 Å². The van der Waals surface area contributed by atoms with Gasteiger partial charge in [0.2, 0.25) is 5.91 Å². The van der Waals surface area contributed by atoms with Gasteiger partial charge >= 0.3 is 0 Å². The molecule has 0 saturated heterocycles. The van der Waals surface area contributed by atoms with E-state index in [0.717, 1.165) is 21.8 Å². The average molecular weight is 366 g/mol. The molecule has 2 aromatic carbocycles. The van der Waals surface area contributed by atoms with Gasteiger partial charge in [0.15, 0.2) is 0 Å². The van der Waals surface area contributed by atoms with Gasteiger partial charge in [0.1, 0.15) is 12.4 Å². The molecule has 6 heteroatoms. The second-order valence-electron chi connectivity index (χ2n) is 6.58. The van der Waals surface area contributed by atoms with Gasteiger partial charge in [-0.15, -0.1) is 0 Å². The van der Waals surface area contributed by atoms with Crippen molar-refractivity contribution in [2.45, 2.75) is 20.3 Å². The zero-order chi connectivity index (χ0) is 19.4. The van der Waals surface area contributed by atoms with Crippen LogP contribution < -0.4 is 10.1 Å². The highest BCUT2D eigenvalue weighted by Crippen LogP contribution is 2.22. The number of imide groups is 1. The number of nitrogens with one attached hydrogen (secondary N) is 1. The number of benzene rings is 2. The van der Waals surface area contributed by atoms with Crippen molar-refractivity contribution in [2.75, 3.05) is 19.7 Å². The van der Waals surface area contributed by atoms with E-state index in [-0.39, 0.29) is 30.7 Å². The summed E-state index contributed by atoms with van der Waals surface area (Å²) in [6, 6.07) is 12.6. The maximum absolute atomic E-state index is 12.2. The van der Waals surface area contributed by atoms with Crippen molar-refractivity contribution in [3.05, 3.63) is 64.7 Å². The molecular weight excluding hydrogens is 344 g/mol. The number of nitrogens with zero attached hydrogens (tertiary/aromatic N) is 1. The highest BCUT2D eigenvalue weighted by atomic mass is 16.5. The monoisotopic (exact) mass is 366 g/mol. The number of rotatable bonds is 7. The third-order valence-electron chi connectivity index (χ3n) is 4.33. The van der Waals surface area contributed by atoms with E-state index < -0.39 is 0 Å². The highest BCUT2D eigenvalue weighted by Gasteiger charge is 2.34. The summed E-state index contributed by atoms with van der Waals surface area (Å²) < 4.78 is 5.64. The molecule has 1 N–H and O–H groups in total. The molecule has 27 heavy (non-hydrogen) atoms. The largest absolute Gasteiger partial charge is 0.492 e. The fourth-order valence-electron chi connectivity index (χ4n) is 3.12. The van der Waals surface area contributed by atoms with Crippen LogP contribution in [0.3, 0.4) is 0 Å². The molecule has 3 amide bonds. The summed E-state index contributed by atoms with van der Waals surface area (Å²) in [4.78, 5) is 37.6. The maximum atomic E-state index is 12.2. The van der Waals surface area contributed by atoms with Gasteiger partial charge in [-0.3, -0.25) is 19.3 Å². The lowest BCUT2D eigenvalue weighted by molar-refractivity contribution is -0.121. The molecule has 6 nitrogen and oxygen atoms in total. The number of aryl methyl sites for hydroxylation is 2. The first kappa shape index (κ1) is 18.6. The van der Waals surface area contributed by atoms with Crippen LogP contribution >= 0.6 is 0 Å². The summed E-state index contributed by atoms with van der Waals surface area (Å²) in [7, 11) is 0. The Hall–Kier alpha value is -3.15. The predicted octanol–water partition coefficient (Wildman–Crippen LogP) is 2.48. The van der Waals surface area contributed by atoms with Gasteiger partial charge < -0.3 is 10.1 Å². The van der Waals surface area contributed by atoms with Crippen LogP contribution in [0.5, 0.6) is 5.75 Å². The van der Waals surface area contributed by atoms with E-state index in [0.29, 0.717) is 24.3 Å². The molecule has 1 aliphatic heterocycles. The van der Waals surface area contributed by atoms with Crippen molar-refractivity contribution in [3.63, 3.8) is 0 Å². The molecule has 0 unspecified atom stereocenters. The molecule has 0 aliphatic carbocycles. The maximum Gasteiger partial charge on any atom is 0.261 e. The summed E-state index contributed by atoms with van der Waals surface area (Å²) >= 11 is 0. The third-order valence-corrected chi connectivity index (χ3v) is 4.33. The lowest BCUT2D eigenvalue weighted by atomic mass is 10.1. The van der Waals surface area contributed by atoms with Gasteiger partial charge in [-0.2, -0.15) is 0 Å². The standard InChI is InChI=1S/C21H22N2O4/c1-14-11-15(2)13-16(12-14)27-10-8-22-19(24)7-9-23-20(25)17-5-3-4-6-18(17)21(23)26/h3-6,11-13H,7-10H2,1-2H3,(H,22,24). The topological polar surface area (TPSA) is 75.7 Å². The van der Waals surface area contributed by atoms with Crippen LogP contribution in [0.1, 0.15) is 38.3 Å². The first-order valence-corrected chi connectivity index (χ1v) is 8.89. The van der Waals surface area contributed by atoms with E-state index in [1.807, 2.05) is 26.0 Å². The Morgan fingerprint density at radius 2 is 1.59 bits per heavy atom. The Morgan fingerprint density at radius 3 is 2.19 bits per heavy atom. The number of ether oxygens (including phenoxy) is 1. The number of hydrogen-bond donors (Lipinski definition) is 1. The Balaban J connectivity index is 1.42. The number of hydrogen-bond acceptors (Lipinski definition) is 4. The van der Waals surface area contributed by atoms with Crippen molar-refractivity contribution in [1.29, 1.82) is 0 Å². The third kappa shape index (κ3) is 4.34. The van der Waals surface area contributed by atoms with E-state index >= 15 is 0 Å². The van der Waals surface area contributed by atoms with Gasteiger partial charge in [0.25, 0.3) is 11.8 Å². The molecule has 0 radical (unpaired) electrons. The minimum atomic E-state index is -0.346. The zero-order valence-corrected chi connectivity index (χ0v) is 15.5. The van der Waals surface area contributed by atoms with Gasteiger partial charge in [-0.25, -0.2) is 0 Å². The highest BCUT2D eigenvalue weighted by molar-refractivity contribution is 6.21. The molecule has 0 atom stereocenters. The summed E-state index contributed by atoms with van der Waals surface area (Å²) in [5, 5.41) is 2.74. The van der Waals surface area contributed by atoms with Gasteiger partial charge in [0, 0.05) is 13.0 Å². The van der Waals surface area contributed by atoms with Crippen LogP contribution in [0.4, 0.5) is 0 Å². The molecule has 0 spiro atoms. The molecule has 0 aromatic heterocycles. The Labute approximate surface area is 158 Å². The van der Waals surface area contributed by atoms with Gasteiger partial charge in [-0.1, -0.05) is 18.2 Å².